The smallest absolute Gasteiger partial charge is 0.326 e. The molecule has 1 fully saturated rings. The Balaban J connectivity index is 1.53. The number of benzene rings is 2. The molecule has 2 aromatic carbocycles. The van der Waals surface area contributed by atoms with Crippen molar-refractivity contribution in [2.75, 3.05) is 13.1 Å². The summed E-state index contributed by atoms with van der Waals surface area (Å²) in [5.74, 6) is -1.80. The molecule has 8 nitrogen and oxygen atoms in total. The van der Waals surface area contributed by atoms with E-state index in [1.165, 1.54) is 28.6 Å². The summed E-state index contributed by atoms with van der Waals surface area (Å²) >= 11 is 0. The lowest BCUT2D eigenvalue weighted by Gasteiger charge is -2.26. The molecule has 0 saturated carbocycles. The topological polar surface area (TPSA) is 120 Å². The fourth-order valence-electron chi connectivity index (χ4n) is 4.01. The number of amides is 1. The van der Waals surface area contributed by atoms with Crippen LogP contribution in [-0.4, -0.2) is 53.8 Å². The van der Waals surface area contributed by atoms with E-state index in [0.717, 1.165) is 35.7 Å². The summed E-state index contributed by atoms with van der Waals surface area (Å²) in [5, 5.41) is 13.1. The summed E-state index contributed by atoms with van der Waals surface area (Å²) in [6.45, 7) is 0.926. The first kappa shape index (κ1) is 22.0. The Morgan fingerprint density at radius 2 is 1.81 bits per heavy atom. The number of aromatic nitrogens is 1. The average molecular weight is 456 g/mol. The van der Waals surface area contributed by atoms with Crippen molar-refractivity contribution < 1.29 is 23.1 Å². The fraction of sp³-hybridized carbons (Fsp3) is 0.304. The van der Waals surface area contributed by atoms with E-state index in [4.69, 9.17) is 0 Å². The van der Waals surface area contributed by atoms with Crippen molar-refractivity contribution in [2.45, 2.75) is 36.6 Å². The molecule has 32 heavy (non-hydrogen) atoms. The van der Waals surface area contributed by atoms with Crippen LogP contribution in [0.3, 0.4) is 0 Å². The number of carboxylic acids is 1. The molecule has 3 N–H and O–H groups in total. The third-order valence-electron chi connectivity index (χ3n) is 5.75. The zero-order valence-electron chi connectivity index (χ0n) is 17.5. The van der Waals surface area contributed by atoms with Crippen molar-refractivity contribution in [3.8, 4) is 0 Å². The number of nitrogens with one attached hydrogen (secondary N) is 2. The van der Waals surface area contributed by atoms with Gasteiger partial charge in [-0.15, -0.1) is 0 Å². The van der Waals surface area contributed by atoms with Crippen LogP contribution in [0.4, 0.5) is 0 Å². The SMILES string of the molecule is O=C(N[C@H](Cc1c[nH]c2ccccc12)C(=O)O)c1cccc(S(=O)(=O)N2CCCCC2)c1. The van der Waals surface area contributed by atoms with E-state index in [1.54, 1.807) is 6.20 Å². The van der Waals surface area contributed by atoms with Gasteiger partial charge in [0.05, 0.1) is 4.90 Å². The Morgan fingerprint density at radius 3 is 2.56 bits per heavy atom. The highest BCUT2D eigenvalue weighted by atomic mass is 32.2. The number of aliphatic carboxylic acids is 1. The first-order chi connectivity index (χ1) is 15.4. The fourth-order valence-corrected chi connectivity index (χ4v) is 5.58. The second-order valence-corrected chi connectivity index (χ2v) is 9.86. The quantitative estimate of drug-likeness (QED) is 0.506. The zero-order valence-corrected chi connectivity index (χ0v) is 18.3. The van der Waals surface area contributed by atoms with Crippen LogP contribution in [0.2, 0.25) is 0 Å². The van der Waals surface area contributed by atoms with Gasteiger partial charge in [-0.1, -0.05) is 30.7 Å². The van der Waals surface area contributed by atoms with E-state index in [1.807, 2.05) is 24.3 Å². The van der Waals surface area contributed by atoms with Gasteiger partial charge in [-0.25, -0.2) is 13.2 Å². The molecule has 168 valence electrons. The van der Waals surface area contributed by atoms with Gasteiger partial charge in [0, 0.05) is 42.2 Å². The number of aromatic amines is 1. The lowest BCUT2D eigenvalue weighted by molar-refractivity contribution is -0.139. The first-order valence-electron chi connectivity index (χ1n) is 10.5. The second kappa shape index (κ2) is 9.13. The summed E-state index contributed by atoms with van der Waals surface area (Å²) in [6, 6.07) is 12.1. The highest BCUT2D eigenvalue weighted by molar-refractivity contribution is 7.89. The van der Waals surface area contributed by atoms with Gasteiger partial charge in [0.1, 0.15) is 6.04 Å². The van der Waals surface area contributed by atoms with Crippen molar-refractivity contribution in [3.05, 3.63) is 65.9 Å². The minimum atomic E-state index is -3.70. The van der Waals surface area contributed by atoms with E-state index >= 15 is 0 Å². The molecule has 0 radical (unpaired) electrons. The molecule has 1 saturated heterocycles. The Kier molecular flexibility index (Phi) is 6.29. The highest BCUT2D eigenvalue weighted by Gasteiger charge is 2.27. The lowest BCUT2D eigenvalue weighted by Crippen LogP contribution is -2.42. The molecule has 0 unspecified atom stereocenters. The normalized spacial score (nSPS) is 16.0. The van der Waals surface area contributed by atoms with Gasteiger partial charge in [0.25, 0.3) is 5.91 Å². The maximum absolute atomic E-state index is 12.9. The number of carbonyl (C=O) groups is 2. The summed E-state index contributed by atoms with van der Waals surface area (Å²) < 4.78 is 27.3. The monoisotopic (exact) mass is 455 g/mol. The molecule has 1 amide bonds. The van der Waals surface area contributed by atoms with Crippen LogP contribution in [-0.2, 0) is 21.2 Å². The number of nitrogens with zero attached hydrogens (tertiary/aromatic N) is 1. The number of hydrogen-bond acceptors (Lipinski definition) is 4. The molecule has 1 aromatic heterocycles. The van der Waals surface area contributed by atoms with Crippen LogP contribution in [0.15, 0.2) is 59.6 Å². The van der Waals surface area contributed by atoms with E-state index in [0.29, 0.717) is 13.1 Å². The van der Waals surface area contributed by atoms with Crippen LogP contribution < -0.4 is 5.32 Å². The molecular weight excluding hydrogens is 430 g/mol. The molecule has 1 aliphatic rings. The number of piperidine rings is 1. The van der Waals surface area contributed by atoms with E-state index < -0.39 is 27.9 Å². The van der Waals surface area contributed by atoms with Crippen LogP contribution >= 0.6 is 0 Å². The Morgan fingerprint density at radius 1 is 1.06 bits per heavy atom. The Bertz CT molecular complexity index is 1250. The number of carboxylic acid groups (broad SMARTS) is 1. The maximum Gasteiger partial charge on any atom is 0.326 e. The molecule has 0 bridgehead atoms. The van der Waals surface area contributed by atoms with E-state index in [-0.39, 0.29) is 16.9 Å². The summed E-state index contributed by atoms with van der Waals surface area (Å²) in [5.41, 5.74) is 1.76. The van der Waals surface area contributed by atoms with E-state index in [9.17, 15) is 23.1 Å². The minimum absolute atomic E-state index is 0.0375. The molecule has 2 heterocycles. The van der Waals surface area contributed by atoms with Crippen LogP contribution in [0.1, 0.15) is 35.2 Å². The summed E-state index contributed by atoms with van der Waals surface area (Å²) in [7, 11) is -3.70. The Hall–Kier alpha value is -3.17. The number of fused-ring (bicyclic) bond motifs is 1. The van der Waals surface area contributed by atoms with Crippen molar-refractivity contribution in [1.29, 1.82) is 0 Å². The van der Waals surface area contributed by atoms with Gasteiger partial charge >= 0.3 is 5.97 Å². The van der Waals surface area contributed by atoms with Crippen molar-refractivity contribution >= 4 is 32.8 Å². The predicted molar refractivity (Wildman–Crippen MR) is 120 cm³/mol. The van der Waals surface area contributed by atoms with Crippen molar-refractivity contribution in [3.63, 3.8) is 0 Å². The largest absolute Gasteiger partial charge is 0.480 e. The molecule has 9 heteroatoms. The molecule has 3 aromatic rings. The number of rotatable bonds is 7. The second-order valence-electron chi connectivity index (χ2n) is 7.92. The van der Waals surface area contributed by atoms with Crippen LogP contribution in [0, 0.1) is 0 Å². The lowest BCUT2D eigenvalue weighted by atomic mass is 10.0. The number of sulfonamides is 1. The van der Waals surface area contributed by atoms with Gasteiger partial charge in [-0.05, 0) is 42.7 Å². The highest BCUT2D eigenvalue weighted by Crippen LogP contribution is 2.22. The number of para-hydroxylation sites is 1. The molecule has 0 spiro atoms. The number of H-pyrrole nitrogens is 1. The maximum atomic E-state index is 12.9. The minimum Gasteiger partial charge on any atom is -0.480 e. The summed E-state index contributed by atoms with van der Waals surface area (Å²) in [6.07, 6.45) is 4.46. The average Bonchev–Trinajstić information content (AvgIpc) is 3.22. The third kappa shape index (κ3) is 4.53. The number of hydrogen-bond donors (Lipinski definition) is 3. The van der Waals surface area contributed by atoms with Gasteiger partial charge in [-0.2, -0.15) is 4.31 Å². The van der Waals surface area contributed by atoms with Crippen LogP contribution in [0.25, 0.3) is 10.9 Å². The Labute approximate surface area is 186 Å². The summed E-state index contributed by atoms with van der Waals surface area (Å²) in [4.78, 5) is 27.8. The van der Waals surface area contributed by atoms with Gasteiger partial charge in [-0.3, -0.25) is 4.79 Å². The van der Waals surface area contributed by atoms with Crippen LogP contribution in [0.5, 0.6) is 0 Å². The molecule has 4 rings (SSSR count). The zero-order chi connectivity index (χ0) is 22.7. The molecule has 0 aliphatic carbocycles. The van der Waals surface area contributed by atoms with Gasteiger partial charge in [0.15, 0.2) is 0 Å². The van der Waals surface area contributed by atoms with Crippen molar-refractivity contribution in [1.82, 2.24) is 14.6 Å². The molecular formula is C23H25N3O5S. The molecule has 1 aliphatic heterocycles. The van der Waals surface area contributed by atoms with Crippen molar-refractivity contribution in [2.24, 2.45) is 0 Å². The van der Waals surface area contributed by atoms with Gasteiger partial charge in [0.2, 0.25) is 10.0 Å². The number of carbonyl (C=O) groups excluding carboxylic acids is 1. The van der Waals surface area contributed by atoms with Gasteiger partial charge < -0.3 is 15.4 Å². The molecule has 1 atom stereocenters. The third-order valence-corrected chi connectivity index (χ3v) is 7.65. The van der Waals surface area contributed by atoms with E-state index in [2.05, 4.69) is 10.3 Å². The first-order valence-corrected chi connectivity index (χ1v) is 12.0. The standard InChI is InChI=1S/C23H25N3O5S/c27-22(16-7-6-8-18(13-16)32(30,31)26-11-4-1-5-12-26)25-21(23(28)29)14-17-15-24-20-10-3-2-9-19(17)20/h2-3,6-10,13,15,21,24H,1,4-5,11-12,14H2,(H,25,27)(H,28,29)/t21-/m1/s1. The predicted octanol–water partition coefficient (Wildman–Crippen LogP) is 2.77.